The van der Waals surface area contributed by atoms with E-state index in [0.717, 1.165) is 35.2 Å². The van der Waals surface area contributed by atoms with Gasteiger partial charge in [-0.05, 0) is 66.4 Å². The smallest absolute Gasteiger partial charge is 0.185 e. The van der Waals surface area contributed by atoms with Gasteiger partial charge in [0.2, 0.25) is 0 Å². The molecule has 3 rings (SSSR count). The molecule has 1 aliphatic heterocycles. The van der Waals surface area contributed by atoms with Crippen LogP contribution in [0.25, 0.3) is 6.08 Å². The predicted octanol–water partition coefficient (Wildman–Crippen LogP) is 4.67. The molecule has 0 bridgehead atoms. The largest absolute Gasteiger partial charge is 0.493 e. The Bertz CT molecular complexity index is 687. The van der Waals surface area contributed by atoms with Gasteiger partial charge in [0.15, 0.2) is 5.78 Å². The quantitative estimate of drug-likeness (QED) is 0.598. The van der Waals surface area contributed by atoms with Gasteiger partial charge in [-0.3, -0.25) is 4.79 Å². The SMILES string of the molecule is O=C(/C=C/c1ccc2c(c1)CCCO2)c1ccc(Br)cc1. The molecule has 0 aromatic heterocycles. The highest BCUT2D eigenvalue weighted by molar-refractivity contribution is 9.10. The molecule has 0 unspecified atom stereocenters. The summed E-state index contributed by atoms with van der Waals surface area (Å²) in [6, 6.07) is 13.4. The highest BCUT2D eigenvalue weighted by Crippen LogP contribution is 2.26. The van der Waals surface area contributed by atoms with Crippen molar-refractivity contribution in [2.24, 2.45) is 0 Å². The third kappa shape index (κ3) is 3.42. The molecule has 2 aromatic carbocycles. The van der Waals surface area contributed by atoms with Gasteiger partial charge in [0.25, 0.3) is 0 Å². The average Bonchev–Trinajstić information content (AvgIpc) is 2.53. The van der Waals surface area contributed by atoms with Crippen LogP contribution < -0.4 is 4.74 Å². The Morgan fingerprint density at radius 1 is 1.14 bits per heavy atom. The molecular formula is C18H15BrO2. The van der Waals surface area contributed by atoms with E-state index in [2.05, 4.69) is 22.0 Å². The number of ether oxygens (including phenoxy) is 1. The molecule has 0 spiro atoms. The van der Waals surface area contributed by atoms with Crippen LogP contribution in [0.2, 0.25) is 0 Å². The van der Waals surface area contributed by atoms with E-state index >= 15 is 0 Å². The topological polar surface area (TPSA) is 26.3 Å². The van der Waals surface area contributed by atoms with Gasteiger partial charge in [0.1, 0.15) is 5.75 Å². The average molecular weight is 343 g/mol. The Hall–Kier alpha value is -1.87. The Morgan fingerprint density at radius 3 is 2.76 bits per heavy atom. The van der Waals surface area contributed by atoms with Crippen LogP contribution in [0, 0.1) is 0 Å². The number of halogens is 1. The summed E-state index contributed by atoms with van der Waals surface area (Å²) in [6.07, 6.45) is 5.57. The normalized spacial score (nSPS) is 13.8. The molecule has 0 aliphatic carbocycles. The Morgan fingerprint density at radius 2 is 1.95 bits per heavy atom. The summed E-state index contributed by atoms with van der Waals surface area (Å²) in [6.45, 7) is 0.796. The number of ketones is 1. The second-order valence-electron chi connectivity index (χ2n) is 5.02. The lowest BCUT2D eigenvalue weighted by atomic mass is 10.0. The number of allylic oxidation sites excluding steroid dienone is 1. The van der Waals surface area contributed by atoms with Crippen LogP contribution in [0.1, 0.15) is 27.9 Å². The van der Waals surface area contributed by atoms with E-state index in [0.29, 0.717) is 5.56 Å². The molecule has 1 aliphatic rings. The third-order valence-corrected chi connectivity index (χ3v) is 4.02. The molecule has 0 N–H and O–H groups in total. The number of carbonyl (C=O) groups excluding carboxylic acids is 1. The molecule has 0 atom stereocenters. The summed E-state index contributed by atoms with van der Waals surface area (Å²) < 4.78 is 6.56. The standard InChI is InChI=1S/C18H15BrO2/c19-16-7-5-14(6-8-16)17(20)9-3-13-4-10-18-15(12-13)2-1-11-21-18/h3-10,12H,1-2,11H2/b9-3+. The Balaban J connectivity index is 1.76. The monoisotopic (exact) mass is 342 g/mol. The molecule has 3 heteroatoms. The van der Waals surface area contributed by atoms with E-state index in [1.54, 1.807) is 6.08 Å². The van der Waals surface area contributed by atoms with Gasteiger partial charge >= 0.3 is 0 Å². The van der Waals surface area contributed by atoms with Crippen molar-refractivity contribution in [3.8, 4) is 5.75 Å². The lowest BCUT2D eigenvalue weighted by Crippen LogP contribution is -2.08. The molecule has 2 aromatic rings. The van der Waals surface area contributed by atoms with E-state index in [9.17, 15) is 4.79 Å². The van der Waals surface area contributed by atoms with Crippen LogP contribution in [0.4, 0.5) is 0 Å². The summed E-state index contributed by atoms with van der Waals surface area (Å²) in [7, 11) is 0. The van der Waals surface area contributed by atoms with Crippen LogP contribution in [0.5, 0.6) is 5.75 Å². The van der Waals surface area contributed by atoms with Gasteiger partial charge in [-0.25, -0.2) is 0 Å². The van der Waals surface area contributed by atoms with Crippen LogP contribution in [0.15, 0.2) is 53.0 Å². The lowest BCUT2D eigenvalue weighted by molar-refractivity contribution is 0.104. The molecule has 106 valence electrons. The number of hydrogen-bond donors (Lipinski definition) is 0. The fourth-order valence-electron chi connectivity index (χ4n) is 2.37. The second kappa shape index (κ2) is 6.27. The second-order valence-corrected chi connectivity index (χ2v) is 5.94. The van der Waals surface area contributed by atoms with Crippen molar-refractivity contribution >= 4 is 27.8 Å². The molecule has 0 fully saturated rings. The molecule has 1 heterocycles. The maximum absolute atomic E-state index is 12.1. The number of benzene rings is 2. The molecular weight excluding hydrogens is 328 g/mol. The minimum atomic E-state index is 0.0106. The minimum Gasteiger partial charge on any atom is -0.493 e. The first-order chi connectivity index (χ1) is 10.2. The van der Waals surface area contributed by atoms with Crippen LogP contribution in [-0.4, -0.2) is 12.4 Å². The summed E-state index contributed by atoms with van der Waals surface area (Å²) in [5.74, 6) is 0.981. The van der Waals surface area contributed by atoms with Gasteiger partial charge in [-0.1, -0.05) is 28.1 Å². The fraction of sp³-hybridized carbons (Fsp3) is 0.167. The van der Waals surface area contributed by atoms with Gasteiger partial charge < -0.3 is 4.74 Å². The molecule has 0 radical (unpaired) electrons. The zero-order chi connectivity index (χ0) is 14.7. The number of carbonyl (C=O) groups is 1. The van der Waals surface area contributed by atoms with Crippen molar-refractivity contribution in [1.82, 2.24) is 0 Å². The van der Waals surface area contributed by atoms with Crippen LogP contribution in [-0.2, 0) is 6.42 Å². The van der Waals surface area contributed by atoms with Crippen molar-refractivity contribution in [2.45, 2.75) is 12.8 Å². The third-order valence-electron chi connectivity index (χ3n) is 3.49. The van der Waals surface area contributed by atoms with E-state index in [1.165, 1.54) is 5.56 Å². The fourth-order valence-corrected chi connectivity index (χ4v) is 2.63. The van der Waals surface area contributed by atoms with Gasteiger partial charge in [0.05, 0.1) is 6.61 Å². The van der Waals surface area contributed by atoms with E-state index in [4.69, 9.17) is 4.74 Å². The molecule has 0 saturated carbocycles. The Kier molecular flexibility index (Phi) is 4.20. The predicted molar refractivity (Wildman–Crippen MR) is 87.8 cm³/mol. The van der Waals surface area contributed by atoms with Crippen LogP contribution >= 0.6 is 15.9 Å². The van der Waals surface area contributed by atoms with E-state index in [-0.39, 0.29) is 5.78 Å². The van der Waals surface area contributed by atoms with Gasteiger partial charge in [-0.15, -0.1) is 0 Å². The molecule has 0 amide bonds. The van der Waals surface area contributed by atoms with Crippen LogP contribution in [0.3, 0.4) is 0 Å². The minimum absolute atomic E-state index is 0.0106. The van der Waals surface area contributed by atoms with Gasteiger partial charge in [0, 0.05) is 10.0 Å². The first-order valence-corrected chi connectivity index (χ1v) is 7.75. The first-order valence-electron chi connectivity index (χ1n) is 6.96. The van der Waals surface area contributed by atoms with E-state index < -0.39 is 0 Å². The van der Waals surface area contributed by atoms with Crippen molar-refractivity contribution in [3.05, 3.63) is 69.7 Å². The van der Waals surface area contributed by atoms with Crippen molar-refractivity contribution < 1.29 is 9.53 Å². The zero-order valence-corrected chi connectivity index (χ0v) is 13.1. The van der Waals surface area contributed by atoms with Crippen molar-refractivity contribution in [2.75, 3.05) is 6.61 Å². The van der Waals surface area contributed by atoms with Crippen molar-refractivity contribution in [3.63, 3.8) is 0 Å². The first kappa shape index (κ1) is 14.1. The number of aryl methyl sites for hydroxylation is 1. The summed E-state index contributed by atoms with van der Waals surface area (Å²) >= 11 is 3.36. The molecule has 2 nitrogen and oxygen atoms in total. The lowest BCUT2D eigenvalue weighted by Gasteiger charge is -2.17. The summed E-state index contributed by atoms with van der Waals surface area (Å²) in [5, 5.41) is 0. The van der Waals surface area contributed by atoms with Crippen molar-refractivity contribution in [1.29, 1.82) is 0 Å². The summed E-state index contributed by atoms with van der Waals surface area (Å²) in [5.41, 5.74) is 2.94. The highest BCUT2D eigenvalue weighted by Gasteiger charge is 2.09. The number of rotatable bonds is 3. The number of fused-ring (bicyclic) bond motifs is 1. The maximum atomic E-state index is 12.1. The Labute approximate surface area is 132 Å². The molecule has 21 heavy (non-hydrogen) atoms. The van der Waals surface area contributed by atoms with Gasteiger partial charge in [-0.2, -0.15) is 0 Å². The molecule has 0 saturated heterocycles. The zero-order valence-electron chi connectivity index (χ0n) is 11.5. The number of hydrogen-bond acceptors (Lipinski definition) is 2. The maximum Gasteiger partial charge on any atom is 0.185 e. The highest BCUT2D eigenvalue weighted by atomic mass is 79.9. The van der Waals surface area contributed by atoms with E-state index in [1.807, 2.05) is 42.5 Å². The summed E-state index contributed by atoms with van der Waals surface area (Å²) in [4.78, 5) is 12.1.